The molecule has 0 radical (unpaired) electrons. The van der Waals surface area contributed by atoms with E-state index in [1.165, 1.54) is 25.7 Å². The number of anilines is 1. The van der Waals surface area contributed by atoms with Gasteiger partial charge in [0.25, 0.3) is 0 Å². The first-order valence-corrected chi connectivity index (χ1v) is 7.42. The summed E-state index contributed by atoms with van der Waals surface area (Å²) in [7, 11) is 0. The lowest BCUT2D eigenvalue weighted by atomic mass is 10.1. The molecule has 0 bridgehead atoms. The topological polar surface area (TPSA) is 61.5 Å². The molecule has 2 N–H and O–H groups in total. The molecule has 110 valence electrons. The number of carbonyl (C=O) groups is 1. The molecule has 0 aliphatic heterocycles. The van der Waals surface area contributed by atoms with Gasteiger partial charge in [-0.15, -0.1) is 0 Å². The van der Waals surface area contributed by atoms with E-state index >= 15 is 0 Å². The predicted molar refractivity (Wildman–Crippen MR) is 78.5 cm³/mol. The van der Waals surface area contributed by atoms with Crippen LogP contribution in [0.15, 0.2) is 24.3 Å². The Labute approximate surface area is 120 Å². The smallest absolute Gasteiger partial charge is 0.309 e. The first-order valence-electron chi connectivity index (χ1n) is 7.42. The Morgan fingerprint density at radius 3 is 2.40 bits per heavy atom. The van der Waals surface area contributed by atoms with Gasteiger partial charge in [0.1, 0.15) is 11.9 Å². The lowest BCUT2D eigenvalue weighted by Gasteiger charge is -2.15. The SMILES string of the molecule is Nc1ccc(OCCC(=O)OC2CCCCCC2)cc1. The molecule has 2 rings (SSSR count). The van der Waals surface area contributed by atoms with Crippen LogP contribution in [0.3, 0.4) is 0 Å². The first-order chi connectivity index (χ1) is 9.74. The number of nitrogen functional groups attached to an aromatic ring is 1. The van der Waals surface area contributed by atoms with E-state index in [2.05, 4.69) is 0 Å². The highest BCUT2D eigenvalue weighted by Gasteiger charge is 2.16. The molecule has 0 amide bonds. The van der Waals surface area contributed by atoms with Gasteiger partial charge in [-0.05, 0) is 49.9 Å². The molecule has 1 aromatic rings. The normalized spacial score (nSPS) is 16.4. The fourth-order valence-electron chi connectivity index (χ4n) is 2.42. The van der Waals surface area contributed by atoms with Crippen LogP contribution in [-0.4, -0.2) is 18.7 Å². The number of carbonyl (C=O) groups excluding carboxylic acids is 1. The maximum Gasteiger partial charge on any atom is 0.309 e. The van der Waals surface area contributed by atoms with E-state index in [9.17, 15) is 4.79 Å². The highest BCUT2D eigenvalue weighted by atomic mass is 16.5. The van der Waals surface area contributed by atoms with Gasteiger partial charge in [-0.25, -0.2) is 0 Å². The van der Waals surface area contributed by atoms with Gasteiger partial charge in [-0.2, -0.15) is 0 Å². The Bertz CT molecular complexity index is 408. The lowest BCUT2D eigenvalue weighted by Crippen LogP contribution is -2.19. The molecule has 1 aliphatic carbocycles. The molecule has 0 heterocycles. The van der Waals surface area contributed by atoms with Gasteiger partial charge in [-0.1, -0.05) is 12.8 Å². The number of ether oxygens (including phenoxy) is 2. The minimum Gasteiger partial charge on any atom is -0.493 e. The van der Waals surface area contributed by atoms with Crippen molar-refractivity contribution in [1.82, 2.24) is 0 Å². The highest BCUT2D eigenvalue weighted by molar-refractivity contribution is 5.69. The molecule has 0 spiro atoms. The Morgan fingerprint density at radius 2 is 1.75 bits per heavy atom. The number of nitrogens with two attached hydrogens (primary N) is 1. The summed E-state index contributed by atoms with van der Waals surface area (Å²) in [4.78, 5) is 11.7. The fraction of sp³-hybridized carbons (Fsp3) is 0.562. The van der Waals surface area contributed by atoms with Crippen molar-refractivity contribution in [2.24, 2.45) is 0 Å². The van der Waals surface area contributed by atoms with E-state index in [0.717, 1.165) is 18.6 Å². The van der Waals surface area contributed by atoms with Crippen LogP contribution in [0.25, 0.3) is 0 Å². The average molecular weight is 277 g/mol. The van der Waals surface area contributed by atoms with Crippen molar-refractivity contribution in [1.29, 1.82) is 0 Å². The standard InChI is InChI=1S/C16H23NO3/c17-13-7-9-14(10-8-13)19-12-11-16(18)20-15-5-3-1-2-4-6-15/h7-10,15H,1-6,11-12,17H2. The van der Waals surface area contributed by atoms with Crippen LogP contribution in [0.4, 0.5) is 5.69 Å². The molecule has 1 saturated carbocycles. The Morgan fingerprint density at radius 1 is 1.10 bits per heavy atom. The third-order valence-electron chi connectivity index (χ3n) is 3.56. The fourth-order valence-corrected chi connectivity index (χ4v) is 2.42. The van der Waals surface area contributed by atoms with E-state index in [1.807, 2.05) is 0 Å². The minimum atomic E-state index is -0.160. The Hall–Kier alpha value is -1.71. The van der Waals surface area contributed by atoms with Crippen LogP contribution in [0.5, 0.6) is 5.75 Å². The summed E-state index contributed by atoms with van der Waals surface area (Å²) >= 11 is 0. The zero-order chi connectivity index (χ0) is 14.2. The van der Waals surface area contributed by atoms with Crippen molar-refractivity contribution < 1.29 is 14.3 Å². The molecular formula is C16H23NO3. The summed E-state index contributed by atoms with van der Waals surface area (Å²) in [6.07, 6.45) is 7.26. The van der Waals surface area contributed by atoms with E-state index < -0.39 is 0 Å². The maximum absolute atomic E-state index is 11.7. The van der Waals surface area contributed by atoms with Gasteiger partial charge in [0, 0.05) is 5.69 Å². The number of hydrogen-bond donors (Lipinski definition) is 1. The van der Waals surface area contributed by atoms with Crippen LogP contribution >= 0.6 is 0 Å². The number of hydrogen-bond acceptors (Lipinski definition) is 4. The summed E-state index contributed by atoms with van der Waals surface area (Å²) in [5, 5.41) is 0. The third kappa shape index (κ3) is 5.11. The van der Waals surface area contributed by atoms with Crippen LogP contribution in [-0.2, 0) is 9.53 Å². The zero-order valence-corrected chi connectivity index (χ0v) is 11.8. The van der Waals surface area contributed by atoms with Gasteiger partial charge in [0.2, 0.25) is 0 Å². The predicted octanol–water partition coefficient (Wildman–Crippen LogP) is 3.30. The summed E-state index contributed by atoms with van der Waals surface area (Å²) in [5.74, 6) is 0.564. The summed E-state index contributed by atoms with van der Waals surface area (Å²) in [6, 6.07) is 7.15. The largest absolute Gasteiger partial charge is 0.493 e. The molecule has 1 aliphatic rings. The molecule has 4 nitrogen and oxygen atoms in total. The van der Waals surface area contributed by atoms with Crippen molar-refractivity contribution in [3.05, 3.63) is 24.3 Å². The molecule has 0 aromatic heterocycles. The maximum atomic E-state index is 11.7. The number of esters is 1. The second-order valence-corrected chi connectivity index (χ2v) is 5.27. The molecule has 20 heavy (non-hydrogen) atoms. The van der Waals surface area contributed by atoms with Crippen LogP contribution in [0.2, 0.25) is 0 Å². The third-order valence-corrected chi connectivity index (χ3v) is 3.56. The van der Waals surface area contributed by atoms with Gasteiger partial charge in [-0.3, -0.25) is 4.79 Å². The zero-order valence-electron chi connectivity index (χ0n) is 11.8. The molecule has 1 aromatic carbocycles. The van der Waals surface area contributed by atoms with E-state index in [-0.39, 0.29) is 12.1 Å². The van der Waals surface area contributed by atoms with E-state index in [0.29, 0.717) is 18.7 Å². The second kappa shape index (κ2) is 7.78. The summed E-state index contributed by atoms with van der Waals surface area (Å²) in [5.41, 5.74) is 6.29. The van der Waals surface area contributed by atoms with Gasteiger partial charge >= 0.3 is 5.97 Å². The van der Waals surface area contributed by atoms with Crippen molar-refractivity contribution >= 4 is 11.7 Å². The molecule has 0 unspecified atom stereocenters. The van der Waals surface area contributed by atoms with Crippen molar-refractivity contribution in [3.63, 3.8) is 0 Å². The molecule has 0 saturated heterocycles. The molecular weight excluding hydrogens is 254 g/mol. The first kappa shape index (κ1) is 14.7. The summed E-state index contributed by atoms with van der Waals surface area (Å²) in [6.45, 7) is 0.343. The summed E-state index contributed by atoms with van der Waals surface area (Å²) < 4.78 is 11.0. The van der Waals surface area contributed by atoms with Crippen LogP contribution < -0.4 is 10.5 Å². The van der Waals surface area contributed by atoms with Crippen molar-refractivity contribution in [2.75, 3.05) is 12.3 Å². The second-order valence-electron chi connectivity index (χ2n) is 5.27. The van der Waals surface area contributed by atoms with Gasteiger partial charge < -0.3 is 15.2 Å². The quantitative estimate of drug-likeness (QED) is 0.509. The van der Waals surface area contributed by atoms with Crippen molar-refractivity contribution in [2.45, 2.75) is 51.0 Å². The Kier molecular flexibility index (Phi) is 5.71. The van der Waals surface area contributed by atoms with Crippen LogP contribution in [0, 0.1) is 0 Å². The number of rotatable bonds is 5. The van der Waals surface area contributed by atoms with E-state index in [4.69, 9.17) is 15.2 Å². The molecule has 4 heteroatoms. The average Bonchev–Trinajstić information content (AvgIpc) is 2.70. The van der Waals surface area contributed by atoms with Gasteiger partial charge in [0.05, 0.1) is 13.0 Å². The molecule has 0 atom stereocenters. The van der Waals surface area contributed by atoms with Gasteiger partial charge in [0.15, 0.2) is 0 Å². The lowest BCUT2D eigenvalue weighted by molar-refractivity contribution is -0.150. The number of benzene rings is 1. The highest BCUT2D eigenvalue weighted by Crippen LogP contribution is 2.20. The van der Waals surface area contributed by atoms with Crippen LogP contribution in [0.1, 0.15) is 44.9 Å². The minimum absolute atomic E-state index is 0.113. The molecule has 1 fully saturated rings. The Balaban J connectivity index is 1.65. The monoisotopic (exact) mass is 277 g/mol. The van der Waals surface area contributed by atoms with Crippen molar-refractivity contribution in [3.8, 4) is 5.75 Å². The van der Waals surface area contributed by atoms with E-state index in [1.54, 1.807) is 24.3 Å².